The highest BCUT2D eigenvalue weighted by Gasteiger charge is 2.51. The fourth-order valence-corrected chi connectivity index (χ4v) is 4.77. The van der Waals surface area contributed by atoms with Crippen molar-refractivity contribution in [3.63, 3.8) is 0 Å². The number of rotatable bonds is 8. The van der Waals surface area contributed by atoms with E-state index in [0.29, 0.717) is 28.9 Å². The van der Waals surface area contributed by atoms with Gasteiger partial charge in [-0.2, -0.15) is 8.78 Å². The van der Waals surface area contributed by atoms with Gasteiger partial charge in [0.25, 0.3) is 0 Å². The van der Waals surface area contributed by atoms with Crippen molar-refractivity contribution in [1.29, 1.82) is 0 Å². The van der Waals surface area contributed by atoms with Crippen LogP contribution < -0.4 is 5.69 Å². The molecule has 4 aromatic rings. The highest BCUT2D eigenvalue weighted by molar-refractivity contribution is 7.52. The molecule has 1 heterocycles. The van der Waals surface area contributed by atoms with E-state index in [1.54, 1.807) is 30.5 Å². The molecular formula is C27H25F2N2O6P. The van der Waals surface area contributed by atoms with Gasteiger partial charge in [-0.3, -0.25) is 13.7 Å². The number of aryl methyl sites for hydroxylation is 1. The van der Waals surface area contributed by atoms with E-state index in [4.69, 9.17) is 14.5 Å². The number of aromatic nitrogens is 2. The van der Waals surface area contributed by atoms with E-state index >= 15 is 0 Å². The number of halogens is 2. The van der Waals surface area contributed by atoms with Gasteiger partial charge in [0.15, 0.2) is 0 Å². The van der Waals surface area contributed by atoms with Gasteiger partial charge in [0.1, 0.15) is 0 Å². The zero-order valence-electron chi connectivity index (χ0n) is 20.5. The molecule has 38 heavy (non-hydrogen) atoms. The van der Waals surface area contributed by atoms with Crippen LogP contribution >= 0.6 is 7.60 Å². The summed E-state index contributed by atoms with van der Waals surface area (Å²) in [6, 6.07) is 19.5. The second kappa shape index (κ2) is 10.5. The summed E-state index contributed by atoms with van der Waals surface area (Å²) in [5, 5.41) is 0. The van der Waals surface area contributed by atoms with Crippen LogP contribution in [0.3, 0.4) is 0 Å². The monoisotopic (exact) mass is 542 g/mol. The maximum absolute atomic E-state index is 14.3. The summed E-state index contributed by atoms with van der Waals surface area (Å²) >= 11 is 0. The SMILES string of the molecule is COC(=O)c1ccc(-c2cn(Cc3ccccc3)c(=O)n2Cc2ccc(C(F)(F)P(=O)(O)O)c(C)c2)cc1. The minimum atomic E-state index is -5.72. The Bertz CT molecular complexity index is 1570. The first kappa shape index (κ1) is 27.2. The normalized spacial score (nSPS) is 11.9. The van der Waals surface area contributed by atoms with Crippen molar-refractivity contribution in [2.75, 3.05) is 7.11 Å². The van der Waals surface area contributed by atoms with E-state index in [1.807, 2.05) is 30.3 Å². The molecule has 0 spiro atoms. The number of nitrogens with zero attached hydrogens (tertiary/aromatic N) is 2. The molecule has 0 atom stereocenters. The Balaban J connectivity index is 1.76. The lowest BCUT2D eigenvalue weighted by atomic mass is 10.0. The molecule has 0 aliphatic rings. The molecule has 0 saturated heterocycles. The van der Waals surface area contributed by atoms with Gasteiger partial charge in [0.05, 0.1) is 31.5 Å². The zero-order valence-corrected chi connectivity index (χ0v) is 21.4. The van der Waals surface area contributed by atoms with Crippen molar-refractivity contribution in [2.24, 2.45) is 0 Å². The summed E-state index contributed by atoms with van der Waals surface area (Å²) in [5.41, 5.74) is -2.57. The maximum Gasteiger partial charge on any atom is 0.399 e. The van der Waals surface area contributed by atoms with Gasteiger partial charge in [0.2, 0.25) is 0 Å². The highest BCUT2D eigenvalue weighted by atomic mass is 31.2. The van der Waals surface area contributed by atoms with E-state index < -0.39 is 24.8 Å². The Morgan fingerprint density at radius 2 is 1.63 bits per heavy atom. The predicted molar refractivity (Wildman–Crippen MR) is 137 cm³/mol. The Morgan fingerprint density at radius 1 is 0.974 bits per heavy atom. The first-order valence-corrected chi connectivity index (χ1v) is 13.1. The minimum Gasteiger partial charge on any atom is -0.465 e. The van der Waals surface area contributed by atoms with Gasteiger partial charge in [-0.25, -0.2) is 9.59 Å². The third-order valence-corrected chi connectivity index (χ3v) is 7.14. The Kier molecular flexibility index (Phi) is 7.51. The molecule has 2 N–H and O–H groups in total. The molecule has 198 valence electrons. The number of carbonyl (C=O) groups excluding carboxylic acids is 1. The van der Waals surface area contributed by atoms with Crippen LogP contribution in [0.2, 0.25) is 0 Å². The van der Waals surface area contributed by atoms with Crippen LogP contribution in [-0.2, 0) is 28.1 Å². The predicted octanol–water partition coefficient (Wildman–Crippen LogP) is 4.74. The van der Waals surface area contributed by atoms with Crippen molar-refractivity contribution >= 4 is 13.6 Å². The fourth-order valence-electron chi connectivity index (χ4n) is 4.20. The second-order valence-corrected chi connectivity index (χ2v) is 10.4. The number of alkyl halides is 2. The molecular weight excluding hydrogens is 517 g/mol. The lowest BCUT2D eigenvalue weighted by molar-refractivity contribution is 0.0558. The topological polar surface area (TPSA) is 111 Å². The largest absolute Gasteiger partial charge is 0.465 e. The van der Waals surface area contributed by atoms with Crippen molar-refractivity contribution in [2.45, 2.75) is 25.7 Å². The molecule has 3 aromatic carbocycles. The fraction of sp³-hybridized carbons (Fsp3) is 0.185. The quantitative estimate of drug-likeness (QED) is 0.246. The highest BCUT2D eigenvalue weighted by Crippen LogP contribution is 2.59. The minimum absolute atomic E-state index is 0.0112. The summed E-state index contributed by atoms with van der Waals surface area (Å²) < 4.78 is 47.7. The zero-order chi connectivity index (χ0) is 27.7. The van der Waals surface area contributed by atoms with Gasteiger partial charge in [-0.1, -0.05) is 60.7 Å². The van der Waals surface area contributed by atoms with Gasteiger partial charge < -0.3 is 14.5 Å². The number of ether oxygens (including phenoxy) is 1. The van der Waals surface area contributed by atoms with Gasteiger partial charge in [0, 0.05) is 11.8 Å². The molecule has 0 saturated carbocycles. The molecule has 0 bridgehead atoms. The molecule has 0 fully saturated rings. The number of benzene rings is 3. The molecule has 0 aliphatic heterocycles. The Hall–Kier alpha value is -3.85. The van der Waals surface area contributed by atoms with Crippen LogP contribution in [0.15, 0.2) is 83.8 Å². The van der Waals surface area contributed by atoms with Crippen LogP contribution in [0.4, 0.5) is 8.78 Å². The standard InChI is InChI=1S/C27H25F2N2O6P/c1-18-14-20(8-13-23(18)27(28,29)38(34,35)36)16-31-24(21-9-11-22(12-10-21)25(32)37-2)17-30(26(31)33)15-19-6-4-3-5-7-19/h3-14,17H,15-16H2,1-2H3,(H2,34,35,36). The van der Waals surface area contributed by atoms with Crippen LogP contribution in [0.5, 0.6) is 0 Å². The summed E-state index contributed by atoms with van der Waals surface area (Å²) in [4.78, 5) is 43.5. The molecule has 1 aromatic heterocycles. The molecule has 0 aliphatic carbocycles. The van der Waals surface area contributed by atoms with Gasteiger partial charge >= 0.3 is 24.9 Å². The van der Waals surface area contributed by atoms with E-state index in [9.17, 15) is 22.9 Å². The Labute approximate surface area is 216 Å². The molecule has 0 radical (unpaired) electrons. The average Bonchev–Trinajstić information content (AvgIpc) is 3.18. The first-order chi connectivity index (χ1) is 17.9. The number of hydrogen-bond acceptors (Lipinski definition) is 4. The van der Waals surface area contributed by atoms with Crippen molar-refractivity contribution in [3.8, 4) is 11.3 Å². The summed E-state index contributed by atoms with van der Waals surface area (Å²) in [6.45, 7) is 1.64. The van der Waals surface area contributed by atoms with E-state index in [0.717, 1.165) is 11.6 Å². The van der Waals surface area contributed by atoms with Crippen LogP contribution in [0.1, 0.15) is 32.6 Å². The summed E-state index contributed by atoms with van der Waals surface area (Å²) in [5.74, 6) is -0.502. The average molecular weight is 542 g/mol. The van der Waals surface area contributed by atoms with E-state index in [1.165, 1.54) is 35.3 Å². The number of carbonyl (C=O) groups is 1. The van der Waals surface area contributed by atoms with E-state index in [2.05, 4.69) is 0 Å². The van der Waals surface area contributed by atoms with Crippen molar-refractivity contribution in [3.05, 3.63) is 117 Å². The van der Waals surface area contributed by atoms with E-state index in [-0.39, 0.29) is 17.8 Å². The second-order valence-electron chi connectivity index (χ2n) is 8.80. The number of hydrogen-bond donors (Lipinski definition) is 2. The number of esters is 1. The summed E-state index contributed by atoms with van der Waals surface area (Å²) in [6.07, 6.45) is 1.69. The third kappa shape index (κ3) is 5.38. The molecule has 11 heteroatoms. The lowest BCUT2D eigenvalue weighted by Gasteiger charge is -2.20. The third-order valence-electron chi connectivity index (χ3n) is 6.16. The van der Waals surface area contributed by atoms with Crippen LogP contribution in [-0.4, -0.2) is 32.0 Å². The number of methoxy groups -OCH3 is 1. The van der Waals surface area contributed by atoms with Crippen LogP contribution in [0.25, 0.3) is 11.3 Å². The number of imidazole rings is 1. The maximum atomic E-state index is 14.3. The lowest BCUT2D eigenvalue weighted by Crippen LogP contribution is -2.25. The van der Waals surface area contributed by atoms with Gasteiger partial charge in [-0.05, 0) is 41.3 Å². The molecule has 8 nitrogen and oxygen atoms in total. The molecule has 0 amide bonds. The first-order valence-electron chi connectivity index (χ1n) is 11.5. The summed E-state index contributed by atoms with van der Waals surface area (Å²) in [7, 11) is -4.45. The van der Waals surface area contributed by atoms with Crippen molar-refractivity contribution < 1.29 is 32.7 Å². The smallest absolute Gasteiger partial charge is 0.399 e. The van der Waals surface area contributed by atoms with Crippen molar-refractivity contribution in [1.82, 2.24) is 9.13 Å². The van der Waals surface area contributed by atoms with Crippen LogP contribution in [0, 0.1) is 6.92 Å². The van der Waals surface area contributed by atoms with Gasteiger partial charge in [-0.15, -0.1) is 0 Å². The molecule has 4 rings (SSSR count). The Morgan fingerprint density at radius 3 is 2.21 bits per heavy atom. The molecule has 0 unspecified atom stereocenters.